The molecular formula is C11H22N2. The van der Waals surface area contributed by atoms with Crippen molar-refractivity contribution >= 4 is 0 Å². The van der Waals surface area contributed by atoms with Crippen LogP contribution in [0, 0.1) is 0 Å². The predicted octanol–water partition coefficient (Wildman–Crippen LogP) is 3.13. The highest BCUT2D eigenvalue weighted by atomic mass is 15.3. The quantitative estimate of drug-likeness (QED) is 0.687. The molecule has 1 aromatic rings. The Morgan fingerprint density at radius 3 is 2.15 bits per heavy atom. The lowest BCUT2D eigenvalue weighted by atomic mass is 10.1. The van der Waals surface area contributed by atoms with Crippen molar-refractivity contribution in [3.63, 3.8) is 0 Å². The second kappa shape index (κ2) is 5.79. The molecule has 0 atom stereocenters. The van der Waals surface area contributed by atoms with Gasteiger partial charge < -0.3 is 0 Å². The minimum Gasteiger partial charge on any atom is -0.272 e. The third-order valence-corrected chi connectivity index (χ3v) is 1.95. The molecule has 0 spiro atoms. The summed E-state index contributed by atoms with van der Waals surface area (Å²) in [4.78, 5) is 0. The maximum atomic E-state index is 4.40. The molecule has 0 N–H and O–H groups in total. The van der Waals surface area contributed by atoms with Crippen LogP contribution >= 0.6 is 0 Å². The van der Waals surface area contributed by atoms with E-state index < -0.39 is 0 Å². The Morgan fingerprint density at radius 1 is 1.38 bits per heavy atom. The van der Waals surface area contributed by atoms with Crippen LogP contribution in [0.4, 0.5) is 0 Å². The van der Waals surface area contributed by atoms with Crippen LogP contribution in [0.2, 0.25) is 0 Å². The second-order valence-corrected chi connectivity index (χ2v) is 3.19. The lowest BCUT2D eigenvalue weighted by Crippen LogP contribution is -1.96. The first kappa shape index (κ1) is 12.2. The van der Waals surface area contributed by atoms with Crippen LogP contribution in [0.5, 0.6) is 0 Å². The first-order chi connectivity index (χ1) is 6.15. The molecule has 0 saturated heterocycles. The molecule has 0 fully saturated rings. The lowest BCUT2D eigenvalue weighted by Gasteiger charge is -1.95. The standard InChI is InChI=1S/C9H16N2.C2H6/c1-5-8-6-9(7(2)3)10-11(8)4;1-2/h6-7H,5H2,1-4H3;1-2H3. The highest BCUT2D eigenvalue weighted by molar-refractivity contribution is 5.12. The maximum Gasteiger partial charge on any atom is 0.0652 e. The molecule has 0 unspecified atom stereocenters. The van der Waals surface area contributed by atoms with Crippen LogP contribution in [0.1, 0.15) is 51.9 Å². The molecule has 0 saturated carbocycles. The van der Waals surface area contributed by atoms with Gasteiger partial charge in [0, 0.05) is 12.7 Å². The molecule has 0 bridgehead atoms. The fourth-order valence-corrected chi connectivity index (χ4v) is 1.14. The number of hydrogen-bond acceptors (Lipinski definition) is 1. The molecule has 1 rings (SSSR count). The number of nitrogens with zero attached hydrogens (tertiary/aromatic N) is 2. The monoisotopic (exact) mass is 182 g/mol. The minimum atomic E-state index is 0.543. The summed E-state index contributed by atoms with van der Waals surface area (Å²) in [6.07, 6.45) is 1.07. The van der Waals surface area contributed by atoms with E-state index in [-0.39, 0.29) is 0 Å². The van der Waals surface area contributed by atoms with E-state index in [4.69, 9.17) is 0 Å². The molecule has 1 heterocycles. The third kappa shape index (κ3) is 3.21. The summed E-state index contributed by atoms with van der Waals surface area (Å²) in [7, 11) is 2.00. The molecule has 0 aliphatic carbocycles. The largest absolute Gasteiger partial charge is 0.272 e. The topological polar surface area (TPSA) is 17.8 Å². The molecule has 0 amide bonds. The first-order valence-corrected chi connectivity index (χ1v) is 5.18. The number of hydrogen-bond donors (Lipinski definition) is 0. The summed E-state index contributed by atoms with van der Waals surface area (Å²) in [5.41, 5.74) is 2.51. The van der Waals surface area contributed by atoms with Crippen molar-refractivity contribution in [2.45, 2.75) is 47.0 Å². The molecule has 0 aromatic carbocycles. The van der Waals surface area contributed by atoms with Gasteiger partial charge in [0.15, 0.2) is 0 Å². The van der Waals surface area contributed by atoms with E-state index in [9.17, 15) is 0 Å². The van der Waals surface area contributed by atoms with Gasteiger partial charge in [-0.05, 0) is 18.4 Å². The zero-order valence-corrected chi connectivity index (χ0v) is 9.76. The third-order valence-electron chi connectivity index (χ3n) is 1.95. The zero-order valence-electron chi connectivity index (χ0n) is 9.76. The molecule has 0 aliphatic heterocycles. The molecule has 0 aliphatic rings. The average Bonchev–Trinajstić information content (AvgIpc) is 2.50. The Balaban J connectivity index is 0.000000671. The fraction of sp³-hybridized carbons (Fsp3) is 0.727. The van der Waals surface area contributed by atoms with Gasteiger partial charge in [-0.25, -0.2) is 0 Å². The van der Waals surface area contributed by atoms with Crippen molar-refractivity contribution in [1.29, 1.82) is 0 Å². The van der Waals surface area contributed by atoms with Crippen molar-refractivity contribution < 1.29 is 0 Å². The van der Waals surface area contributed by atoms with E-state index in [2.05, 4.69) is 31.9 Å². The summed E-state index contributed by atoms with van der Waals surface area (Å²) in [5.74, 6) is 0.543. The average molecular weight is 182 g/mol. The first-order valence-electron chi connectivity index (χ1n) is 5.18. The Hall–Kier alpha value is -0.790. The van der Waals surface area contributed by atoms with E-state index in [0.29, 0.717) is 5.92 Å². The van der Waals surface area contributed by atoms with Gasteiger partial charge in [-0.15, -0.1) is 0 Å². The van der Waals surface area contributed by atoms with Crippen molar-refractivity contribution in [2.24, 2.45) is 7.05 Å². The van der Waals surface area contributed by atoms with E-state index in [1.165, 1.54) is 11.4 Å². The van der Waals surface area contributed by atoms with Gasteiger partial charge in [-0.2, -0.15) is 5.10 Å². The Morgan fingerprint density at radius 2 is 1.92 bits per heavy atom. The second-order valence-electron chi connectivity index (χ2n) is 3.19. The van der Waals surface area contributed by atoms with Crippen molar-refractivity contribution in [2.75, 3.05) is 0 Å². The van der Waals surface area contributed by atoms with E-state index in [1.54, 1.807) is 0 Å². The van der Waals surface area contributed by atoms with E-state index in [0.717, 1.165) is 6.42 Å². The number of aryl methyl sites for hydroxylation is 2. The molecular weight excluding hydrogens is 160 g/mol. The summed E-state index contributed by atoms with van der Waals surface area (Å²) < 4.78 is 1.97. The normalized spacial score (nSPS) is 9.77. The predicted molar refractivity (Wildman–Crippen MR) is 58.0 cm³/mol. The molecule has 76 valence electrons. The van der Waals surface area contributed by atoms with Gasteiger partial charge in [-0.1, -0.05) is 34.6 Å². The van der Waals surface area contributed by atoms with Gasteiger partial charge >= 0.3 is 0 Å². The van der Waals surface area contributed by atoms with Gasteiger partial charge in [0.2, 0.25) is 0 Å². The number of aromatic nitrogens is 2. The zero-order chi connectivity index (χ0) is 10.4. The lowest BCUT2D eigenvalue weighted by molar-refractivity contribution is 0.685. The Kier molecular flexibility index (Phi) is 5.44. The summed E-state index contributed by atoms with van der Waals surface area (Å²) in [6.45, 7) is 10.5. The highest BCUT2D eigenvalue weighted by Gasteiger charge is 2.05. The smallest absolute Gasteiger partial charge is 0.0652 e. The fourth-order valence-electron chi connectivity index (χ4n) is 1.14. The molecule has 1 aromatic heterocycles. The van der Waals surface area contributed by atoms with Crippen LogP contribution in [0.25, 0.3) is 0 Å². The summed E-state index contributed by atoms with van der Waals surface area (Å²) >= 11 is 0. The Bertz CT molecular complexity index is 236. The van der Waals surface area contributed by atoms with Crippen molar-refractivity contribution in [3.8, 4) is 0 Å². The summed E-state index contributed by atoms with van der Waals surface area (Å²) in [6, 6.07) is 2.19. The minimum absolute atomic E-state index is 0.543. The van der Waals surface area contributed by atoms with Gasteiger partial charge in [0.1, 0.15) is 0 Å². The van der Waals surface area contributed by atoms with Crippen molar-refractivity contribution in [1.82, 2.24) is 9.78 Å². The molecule has 13 heavy (non-hydrogen) atoms. The van der Waals surface area contributed by atoms with Gasteiger partial charge in [0.25, 0.3) is 0 Å². The molecule has 0 radical (unpaired) electrons. The molecule has 2 nitrogen and oxygen atoms in total. The van der Waals surface area contributed by atoms with Gasteiger partial charge in [0.05, 0.1) is 5.69 Å². The Labute approximate surface area is 82.0 Å². The van der Waals surface area contributed by atoms with E-state index >= 15 is 0 Å². The summed E-state index contributed by atoms with van der Waals surface area (Å²) in [5, 5.41) is 4.40. The van der Waals surface area contributed by atoms with E-state index in [1.807, 2.05) is 25.6 Å². The maximum absolute atomic E-state index is 4.40. The van der Waals surface area contributed by atoms with Crippen molar-refractivity contribution in [3.05, 3.63) is 17.5 Å². The molecule has 2 heteroatoms. The van der Waals surface area contributed by atoms with Crippen LogP contribution in [-0.4, -0.2) is 9.78 Å². The van der Waals surface area contributed by atoms with Crippen LogP contribution in [0.3, 0.4) is 0 Å². The SMILES string of the molecule is CC.CCc1cc(C(C)C)nn1C. The number of rotatable bonds is 2. The van der Waals surface area contributed by atoms with Gasteiger partial charge in [-0.3, -0.25) is 4.68 Å². The van der Waals surface area contributed by atoms with Crippen LogP contribution in [0.15, 0.2) is 6.07 Å². The highest BCUT2D eigenvalue weighted by Crippen LogP contribution is 2.13. The van der Waals surface area contributed by atoms with Crippen LogP contribution < -0.4 is 0 Å². The van der Waals surface area contributed by atoms with Crippen LogP contribution in [-0.2, 0) is 13.5 Å².